The van der Waals surface area contributed by atoms with Crippen LogP contribution < -0.4 is 0 Å². The standard InChI is InChI=1S/C22H20N2O5/c1-14-23-21(20(27)28-3,13-15-9-5-4-6-10-15)22(29-14)17-12-8-7-11-16(17)18(25)24(2)19(22)26/h4-12H,13H2,1-3H3/t21-,22-/m0/s1. The first-order valence-electron chi connectivity index (χ1n) is 9.17. The van der Waals surface area contributed by atoms with E-state index in [1.165, 1.54) is 14.2 Å². The molecule has 0 unspecified atom stereocenters. The van der Waals surface area contributed by atoms with Crippen molar-refractivity contribution in [2.75, 3.05) is 14.2 Å². The van der Waals surface area contributed by atoms with Crippen LogP contribution in [-0.4, -0.2) is 48.3 Å². The Morgan fingerprint density at radius 2 is 1.76 bits per heavy atom. The van der Waals surface area contributed by atoms with Crippen molar-refractivity contribution in [1.29, 1.82) is 0 Å². The molecule has 148 valence electrons. The van der Waals surface area contributed by atoms with Crippen molar-refractivity contribution in [3.63, 3.8) is 0 Å². The fourth-order valence-electron chi connectivity index (χ4n) is 4.26. The molecule has 1 spiro atoms. The summed E-state index contributed by atoms with van der Waals surface area (Å²) in [6, 6.07) is 15.9. The van der Waals surface area contributed by atoms with Gasteiger partial charge < -0.3 is 9.47 Å². The average Bonchev–Trinajstić information content (AvgIpc) is 3.04. The molecule has 2 aromatic carbocycles. The summed E-state index contributed by atoms with van der Waals surface area (Å²) in [5, 5.41) is 0. The molecule has 2 aliphatic rings. The molecule has 0 aliphatic carbocycles. The number of amides is 2. The van der Waals surface area contributed by atoms with Gasteiger partial charge in [-0.25, -0.2) is 9.79 Å². The average molecular weight is 392 g/mol. The Balaban J connectivity index is 2.04. The van der Waals surface area contributed by atoms with E-state index in [0.717, 1.165) is 10.5 Å². The number of carbonyl (C=O) groups is 3. The highest BCUT2D eigenvalue weighted by molar-refractivity contribution is 6.16. The highest BCUT2D eigenvalue weighted by Crippen LogP contribution is 2.51. The van der Waals surface area contributed by atoms with E-state index in [0.29, 0.717) is 11.1 Å². The van der Waals surface area contributed by atoms with E-state index in [1.54, 1.807) is 31.2 Å². The maximum atomic E-state index is 13.6. The number of hydrogen-bond donors (Lipinski definition) is 0. The van der Waals surface area contributed by atoms with Gasteiger partial charge in [-0.2, -0.15) is 0 Å². The number of aliphatic imine (C=N–C) groups is 1. The zero-order chi connectivity index (χ0) is 20.8. The van der Waals surface area contributed by atoms with Gasteiger partial charge in [0.15, 0.2) is 5.90 Å². The second-order valence-corrected chi connectivity index (χ2v) is 7.14. The van der Waals surface area contributed by atoms with Crippen molar-refractivity contribution >= 4 is 23.7 Å². The summed E-state index contributed by atoms with van der Waals surface area (Å²) in [5.41, 5.74) is -2.16. The largest absolute Gasteiger partial charge is 0.467 e. The summed E-state index contributed by atoms with van der Waals surface area (Å²) in [7, 11) is 2.63. The molecular formula is C22H20N2O5. The lowest BCUT2D eigenvalue weighted by Crippen LogP contribution is -2.66. The summed E-state index contributed by atoms with van der Waals surface area (Å²) in [5.74, 6) is -1.63. The van der Waals surface area contributed by atoms with E-state index in [2.05, 4.69) is 4.99 Å². The number of methoxy groups -OCH3 is 1. The second-order valence-electron chi connectivity index (χ2n) is 7.14. The van der Waals surface area contributed by atoms with Crippen molar-refractivity contribution in [3.05, 3.63) is 71.3 Å². The molecule has 7 heteroatoms. The summed E-state index contributed by atoms with van der Waals surface area (Å²) >= 11 is 0. The minimum absolute atomic E-state index is 0.0694. The Bertz CT molecular complexity index is 1050. The number of likely N-dealkylation sites (N-methyl/N-ethyl adjacent to an activating group) is 1. The van der Waals surface area contributed by atoms with Crippen LogP contribution in [0.3, 0.4) is 0 Å². The monoisotopic (exact) mass is 392 g/mol. The number of carbonyl (C=O) groups excluding carboxylic acids is 3. The van der Waals surface area contributed by atoms with Crippen LogP contribution in [0.1, 0.15) is 28.4 Å². The number of ether oxygens (including phenoxy) is 2. The number of imide groups is 1. The molecule has 7 nitrogen and oxygen atoms in total. The SMILES string of the molecule is COC(=O)[C@]1(Cc2ccccc2)N=C(C)O[C@@]12C(=O)N(C)C(=O)c1ccccc12. The van der Waals surface area contributed by atoms with E-state index in [9.17, 15) is 14.4 Å². The zero-order valence-electron chi connectivity index (χ0n) is 16.3. The minimum atomic E-state index is -1.83. The number of benzene rings is 2. The second kappa shape index (κ2) is 6.55. The van der Waals surface area contributed by atoms with Crippen LogP contribution >= 0.6 is 0 Å². The highest BCUT2D eigenvalue weighted by Gasteiger charge is 2.72. The van der Waals surface area contributed by atoms with Gasteiger partial charge in [-0.15, -0.1) is 0 Å². The number of rotatable bonds is 3. The van der Waals surface area contributed by atoms with Gasteiger partial charge >= 0.3 is 5.97 Å². The van der Waals surface area contributed by atoms with E-state index >= 15 is 0 Å². The lowest BCUT2D eigenvalue weighted by atomic mass is 9.68. The summed E-state index contributed by atoms with van der Waals surface area (Å²) in [6.45, 7) is 1.59. The molecule has 2 amide bonds. The molecule has 0 aromatic heterocycles. The van der Waals surface area contributed by atoms with Crippen LogP contribution in [0.15, 0.2) is 59.6 Å². The zero-order valence-corrected chi connectivity index (χ0v) is 16.3. The minimum Gasteiger partial charge on any atom is -0.467 e. The first-order valence-corrected chi connectivity index (χ1v) is 9.17. The highest BCUT2D eigenvalue weighted by atomic mass is 16.6. The normalized spacial score (nSPS) is 25.5. The van der Waals surface area contributed by atoms with Gasteiger partial charge in [0, 0.05) is 31.5 Å². The lowest BCUT2D eigenvalue weighted by molar-refractivity contribution is -0.168. The Kier molecular flexibility index (Phi) is 4.26. The third kappa shape index (κ3) is 2.43. The molecule has 0 N–H and O–H groups in total. The van der Waals surface area contributed by atoms with Gasteiger partial charge in [0.05, 0.1) is 7.11 Å². The Morgan fingerprint density at radius 3 is 2.45 bits per heavy atom. The third-order valence-electron chi connectivity index (χ3n) is 5.50. The molecule has 0 radical (unpaired) electrons. The predicted molar refractivity (Wildman–Crippen MR) is 104 cm³/mol. The van der Waals surface area contributed by atoms with Crippen LogP contribution in [0, 0.1) is 0 Å². The van der Waals surface area contributed by atoms with Crippen molar-refractivity contribution in [2.24, 2.45) is 4.99 Å². The quantitative estimate of drug-likeness (QED) is 0.590. The fraction of sp³-hybridized carbons (Fsp3) is 0.273. The van der Waals surface area contributed by atoms with Gasteiger partial charge in [0.2, 0.25) is 5.54 Å². The molecule has 0 fully saturated rings. The molecular weight excluding hydrogens is 372 g/mol. The van der Waals surface area contributed by atoms with Crippen molar-refractivity contribution in [1.82, 2.24) is 4.90 Å². The van der Waals surface area contributed by atoms with Crippen molar-refractivity contribution < 1.29 is 23.9 Å². The molecule has 0 saturated heterocycles. The number of esters is 1. The topological polar surface area (TPSA) is 85.3 Å². The molecule has 2 aliphatic heterocycles. The van der Waals surface area contributed by atoms with Crippen LogP contribution in [0.5, 0.6) is 0 Å². The maximum absolute atomic E-state index is 13.6. The van der Waals surface area contributed by atoms with E-state index in [4.69, 9.17) is 9.47 Å². The van der Waals surface area contributed by atoms with Crippen LogP contribution in [0.4, 0.5) is 0 Å². The Morgan fingerprint density at radius 1 is 1.10 bits per heavy atom. The van der Waals surface area contributed by atoms with Gasteiger partial charge in [-0.1, -0.05) is 48.5 Å². The number of nitrogens with zero attached hydrogens (tertiary/aromatic N) is 2. The van der Waals surface area contributed by atoms with Crippen LogP contribution in [-0.2, 0) is 31.1 Å². The summed E-state index contributed by atoms with van der Waals surface area (Å²) in [4.78, 5) is 45.1. The molecule has 0 bridgehead atoms. The van der Waals surface area contributed by atoms with Gasteiger partial charge in [0.25, 0.3) is 17.4 Å². The van der Waals surface area contributed by atoms with Crippen molar-refractivity contribution in [3.8, 4) is 0 Å². The van der Waals surface area contributed by atoms with Crippen molar-refractivity contribution in [2.45, 2.75) is 24.5 Å². The maximum Gasteiger partial charge on any atom is 0.339 e. The smallest absolute Gasteiger partial charge is 0.339 e. The first-order chi connectivity index (χ1) is 13.9. The van der Waals surface area contributed by atoms with Gasteiger partial charge in [-0.3, -0.25) is 14.5 Å². The van der Waals surface area contributed by atoms with Gasteiger partial charge in [0.1, 0.15) is 0 Å². The number of hydrogen-bond acceptors (Lipinski definition) is 6. The lowest BCUT2D eigenvalue weighted by Gasteiger charge is -2.44. The van der Waals surface area contributed by atoms with Crippen LogP contribution in [0.25, 0.3) is 0 Å². The van der Waals surface area contributed by atoms with Crippen LogP contribution in [0.2, 0.25) is 0 Å². The Labute approximate surface area is 167 Å². The molecule has 0 saturated carbocycles. The molecule has 2 heterocycles. The molecule has 2 aromatic rings. The molecule has 4 rings (SSSR count). The van der Waals surface area contributed by atoms with E-state index < -0.39 is 28.9 Å². The Hall–Kier alpha value is -3.48. The first kappa shape index (κ1) is 18.9. The van der Waals surface area contributed by atoms with E-state index in [1.807, 2.05) is 30.3 Å². The predicted octanol–water partition coefficient (Wildman–Crippen LogP) is 2.10. The number of fused-ring (bicyclic) bond motifs is 2. The summed E-state index contributed by atoms with van der Waals surface area (Å²) < 4.78 is 11.2. The fourth-order valence-corrected chi connectivity index (χ4v) is 4.26. The third-order valence-corrected chi connectivity index (χ3v) is 5.50. The molecule has 29 heavy (non-hydrogen) atoms. The molecule has 2 atom stereocenters. The summed E-state index contributed by atoms with van der Waals surface area (Å²) in [6.07, 6.45) is 0.0694. The van der Waals surface area contributed by atoms with E-state index in [-0.39, 0.29) is 12.3 Å². The van der Waals surface area contributed by atoms with Gasteiger partial charge in [-0.05, 0) is 11.6 Å².